The van der Waals surface area contributed by atoms with E-state index in [2.05, 4.69) is 38.3 Å². The van der Waals surface area contributed by atoms with Crippen LogP contribution in [-0.4, -0.2) is 50.5 Å². The fraction of sp³-hybridized carbons (Fsp3) is 0.478. The van der Waals surface area contributed by atoms with Crippen molar-refractivity contribution in [2.24, 2.45) is 11.8 Å². The van der Waals surface area contributed by atoms with Crippen molar-refractivity contribution in [1.29, 1.82) is 0 Å². The topological polar surface area (TPSA) is 74.3 Å². The first-order valence-electron chi connectivity index (χ1n) is 10.5. The number of benzene rings is 1. The molecule has 3 aromatic rings. The third-order valence-corrected chi connectivity index (χ3v) is 6.53. The number of aromatic nitrogens is 3. The second kappa shape index (κ2) is 7.43. The van der Waals surface area contributed by atoms with Gasteiger partial charge in [0.25, 0.3) is 0 Å². The number of nitrogens with zero attached hydrogens (tertiary/aromatic N) is 3. The molecule has 1 saturated heterocycles. The van der Waals surface area contributed by atoms with Crippen LogP contribution in [0.2, 0.25) is 0 Å². The Morgan fingerprint density at radius 2 is 1.97 bits per heavy atom. The summed E-state index contributed by atoms with van der Waals surface area (Å²) < 4.78 is 6.21. The molecule has 1 aliphatic carbocycles. The second-order valence-electron chi connectivity index (χ2n) is 8.74. The van der Waals surface area contributed by atoms with Gasteiger partial charge in [-0.15, -0.1) is 0 Å². The zero-order valence-electron chi connectivity index (χ0n) is 17.0. The number of aromatic amines is 1. The molecule has 2 aromatic heterocycles. The van der Waals surface area contributed by atoms with E-state index in [9.17, 15) is 5.11 Å². The summed E-state index contributed by atoms with van der Waals surface area (Å²) in [6.07, 6.45) is 2.99. The summed E-state index contributed by atoms with van der Waals surface area (Å²) in [6, 6.07) is 10.5. The Morgan fingerprint density at radius 1 is 1.14 bits per heavy atom. The van der Waals surface area contributed by atoms with Crippen molar-refractivity contribution in [3.8, 4) is 5.75 Å². The molecule has 2 aliphatic rings. The normalized spacial score (nSPS) is 27.3. The van der Waals surface area contributed by atoms with E-state index in [1.165, 1.54) is 5.56 Å². The molecule has 1 saturated carbocycles. The molecule has 4 atom stereocenters. The third kappa shape index (κ3) is 3.74. The predicted molar refractivity (Wildman–Crippen MR) is 112 cm³/mol. The average molecular weight is 393 g/mol. The highest BCUT2D eigenvalue weighted by molar-refractivity contribution is 5.78. The van der Waals surface area contributed by atoms with Crippen LogP contribution < -0.4 is 4.74 Å². The average Bonchev–Trinajstić information content (AvgIpc) is 3.30. The van der Waals surface area contributed by atoms with Crippen molar-refractivity contribution in [3.63, 3.8) is 0 Å². The molecule has 3 heterocycles. The van der Waals surface area contributed by atoms with Crippen molar-refractivity contribution < 1.29 is 9.84 Å². The van der Waals surface area contributed by atoms with Gasteiger partial charge < -0.3 is 9.84 Å². The third-order valence-electron chi connectivity index (χ3n) is 6.53. The Balaban J connectivity index is 1.24. The van der Waals surface area contributed by atoms with Crippen LogP contribution in [0.1, 0.15) is 29.8 Å². The smallest absolute Gasteiger partial charge is 0.141 e. The standard InChI is InChI=1S/C23H28N4O2/c1-14-3-6-22(15(2)25-14)29-23-9-19-13-27(12-18(19)8-21(23)28)11-16-4-5-17-10-24-26-20(17)7-16/h3-7,10,18-19,21,23,28H,8-9,11-13H2,1-2H3,(H,24,26)/t18-,19+,21+,23+/m0/s1. The first-order valence-corrected chi connectivity index (χ1v) is 10.5. The lowest BCUT2D eigenvalue weighted by Gasteiger charge is -2.35. The number of ether oxygens (including phenoxy) is 1. The number of H-pyrrole nitrogens is 1. The second-order valence-corrected chi connectivity index (χ2v) is 8.74. The Hall–Kier alpha value is -2.44. The van der Waals surface area contributed by atoms with Crippen LogP contribution in [0.5, 0.6) is 5.75 Å². The summed E-state index contributed by atoms with van der Waals surface area (Å²) in [7, 11) is 0. The van der Waals surface area contributed by atoms with Crippen LogP contribution in [0, 0.1) is 25.7 Å². The lowest BCUT2D eigenvalue weighted by molar-refractivity contribution is -0.0236. The van der Waals surface area contributed by atoms with Gasteiger partial charge in [0.05, 0.1) is 23.5 Å². The molecule has 2 fully saturated rings. The van der Waals surface area contributed by atoms with E-state index < -0.39 is 6.10 Å². The van der Waals surface area contributed by atoms with Crippen LogP contribution in [0.3, 0.4) is 0 Å². The van der Waals surface area contributed by atoms with Crippen LogP contribution >= 0.6 is 0 Å². The molecule has 6 nitrogen and oxygen atoms in total. The summed E-state index contributed by atoms with van der Waals surface area (Å²) in [5, 5.41) is 19.0. The number of hydrogen-bond acceptors (Lipinski definition) is 5. The molecule has 0 bridgehead atoms. The van der Waals surface area contributed by atoms with E-state index in [0.29, 0.717) is 11.8 Å². The molecule has 0 amide bonds. The summed E-state index contributed by atoms with van der Waals surface area (Å²) in [4.78, 5) is 7.00. The molecule has 1 aliphatic heterocycles. The van der Waals surface area contributed by atoms with Crippen molar-refractivity contribution >= 4 is 10.9 Å². The molecular weight excluding hydrogens is 364 g/mol. The number of nitrogens with one attached hydrogen (secondary N) is 1. The van der Waals surface area contributed by atoms with Gasteiger partial charge in [-0.2, -0.15) is 5.10 Å². The number of rotatable bonds is 4. The zero-order chi connectivity index (χ0) is 20.0. The Morgan fingerprint density at radius 3 is 2.79 bits per heavy atom. The first kappa shape index (κ1) is 18.6. The molecule has 1 aromatic carbocycles. The van der Waals surface area contributed by atoms with Crippen LogP contribution in [0.15, 0.2) is 36.5 Å². The maximum atomic E-state index is 10.7. The van der Waals surface area contributed by atoms with E-state index in [0.717, 1.165) is 60.5 Å². The van der Waals surface area contributed by atoms with Crippen molar-refractivity contribution in [1.82, 2.24) is 20.1 Å². The van der Waals surface area contributed by atoms with Gasteiger partial charge >= 0.3 is 0 Å². The highest BCUT2D eigenvalue weighted by atomic mass is 16.5. The molecule has 6 heteroatoms. The summed E-state index contributed by atoms with van der Waals surface area (Å²) in [5.41, 5.74) is 4.26. The molecule has 152 valence electrons. The lowest BCUT2D eigenvalue weighted by atomic mass is 9.78. The number of hydrogen-bond donors (Lipinski definition) is 2. The van der Waals surface area contributed by atoms with Gasteiger partial charge in [0.1, 0.15) is 11.9 Å². The first-order chi connectivity index (χ1) is 14.0. The van der Waals surface area contributed by atoms with E-state index in [1.807, 2.05) is 32.2 Å². The number of aliphatic hydroxyl groups is 1. The predicted octanol–water partition coefficient (Wildman–Crippen LogP) is 3.23. The fourth-order valence-corrected chi connectivity index (χ4v) is 5.05. The van der Waals surface area contributed by atoms with Gasteiger partial charge in [0, 0.05) is 30.7 Å². The SMILES string of the molecule is Cc1ccc(O[C@@H]2C[C@@H]3CN(Cc4ccc5cn[nH]c5c4)C[C@@H]3C[C@H]2O)c(C)n1. The molecule has 0 radical (unpaired) electrons. The highest BCUT2D eigenvalue weighted by Gasteiger charge is 2.42. The van der Waals surface area contributed by atoms with Crippen molar-refractivity contribution in [3.05, 3.63) is 53.5 Å². The maximum Gasteiger partial charge on any atom is 0.141 e. The largest absolute Gasteiger partial charge is 0.486 e. The number of aryl methyl sites for hydroxylation is 2. The van der Waals surface area contributed by atoms with Gasteiger partial charge in [0.2, 0.25) is 0 Å². The number of fused-ring (bicyclic) bond motifs is 2. The fourth-order valence-electron chi connectivity index (χ4n) is 5.05. The van der Waals surface area contributed by atoms with E-state index in [1.54, 1.807) is 0 Å². The summed E-state index contributed by atoms with van der Waals surface area (Å²) in [5.74, 6) is 1.90. The summed E-state index contributed by atoms with van der Waals surface area (Å²) in [6.45, 7) is 6.98. The van der Waals surface area contributed by atoms with Crippen molar-refractivity contribution in [2.75, 3.05) is 13.1 Å². The molecule has 2 N–H and O–H groups in total. The van der Waals surface area contributed by atoms with Crippen molar-refractivity contribution in [2.45, 2.75) is 45.4 Å². The minimum absolute atomic E-state index is 0.152. The maximum absolute atomic E-state index is 10.7. The monoisotopic (exact) mass is 392 g/mol. The van der Waals surface area contributed by atoms with Gasteiger partial charge in [-0.3, -0.25) is 15.0 Å². The van der Waals surface area contributed by atoms with E-state index >= 15 is 0 Å². The number of likely N-dealkylation sites (tertiary alicyclic amines) is 1. The molecule has 0 unspecified atom stereocenters. The van der Waals surface area contributed by atoms with Gasteiger partial charge in [-0.25, -0.2) is 0 Å². The van der Waals surface area contributed by atoms with Crippen LogP contribution in [-0.2, 0) is 6.54 Å². The van der Waals surface area contributed by atoms with Gasteiger partial charge in [-0.1, -0.05) is 12.1 Å². The Bertz CT molecular complexity index is 1020. The Kier molecular flexibility index (Phi) is 4.76. The molecule has 0 spiro atoms. The Labute approximate surface area is 170 Å². The minimum Gasteiger partial charge on any atom is -0.486 e. The quantitative estimate of drug-likeness (QED) is 0.713. The van der Waals surface area contributed by atoms with E-state index in [-0.39, 0.29) is 6.10 Å². The van der Waals surface area contributed by atoms with E-state index in [4.69, 9.17) is 4.74 Å². The lowest BCUT2D eigenvalue weighted by Crippen LogP contribution is -2.42. The summed E-state index contributed by atoms with van der Waals surface area (Å²) >= 11 is 0. The van der Waals surface area contributed by atoms with Crippen LogP contribution in [0.25, 0.3) is 10.9 Å². The zero-order valence-corrected chi connectivity index (χ0v) is 17.0. The van der Waals surface area contributed by atoms with Gasteiger partial charge in [-0.05, 0) is 62.3 Å². The van der Waals surface area contributed by atoms with Gasteiger partial charge in [0.15, 0.2) is 0 Å². The van der Waals surface area contributed by atoms with Crippen LogP contribution in [0.4, 0.5) is 0 Å². The molecule has 5 rings (SSSR count). The number of pyridine rings is 1. The highest BCUT2D eigenvalue weighted by Crippen LogP contribution is 2.38. The molecular formula is C23H28N4O2. The minimum atomic E-state index is -0.418. The molecule has 29 heavy (non-hydrogen) atoms. The number of aliphatic hydroxyl groups excluding tert-OH is 1.